The highest BCUT2D eigenvalue weighted by Gasteiger charge is 2.23. The molecule has 1 amide bonds. The third-order valence-corrected chi connectivity index (χ3v) is 8.42. The van der Waals surface area contributed by atoms with Crippen molar-refractivity contribution in [1.82, 2.24) is 14.9 Å². The molecule has 0 fully saturated rings. The van der Waals surface area contributed by atoms with Gasteiger partial charge in [-0.2, -0.15) is 0 Å². The Balaban J connectivity index is 1.62. The molecule has 3 aromatic rings. The van der Waals surface area contributed by atoms with E-state index < -0.39 is 0 Å². The summed E-state index contributed by atoms with van der Waals surface area (Å²) in [5.41, 5.74) is 1.19. The minimum absolute atomic E-state index is 0.00649. The van der Waals surface area contributed by atoms with E-state index in [0.717, 1.165) is 34.4 Å². The summed E-state index contributed by atoms with van der Waals surface area (Å²) in [6.07, 6.45) is 7.20. The second-order valence-electron chi connectivity index (χ2n) is 7.40. The summed E-state index contributed by atoms with van der Waals surface area (Å²) < 4.78 is 1.67. The van der Waals surface area contributed by atoms with Crippen molar-refractivity contribution >= 4 is 50.6 Å². The molecule has 0 saturated carbocycles. The molecule has 1 N–H and O–H groups in total. The topological polar surface area (TPSA) is 64.0 Å². The van der Waals surface area contributed by atoms with Crippen LogP contribution in [0.4, 0.5) is 0 Å². The highest BCUT2D eigenvalue weighted by molar-refractivity contribution is 8.00. The van der Waals surface area contributed by atoms with E-state index in [4.69, 9.17) is 4.98 Å². The lowest BCUT2D eigenvalue weighted by molar-refractivity contribution is -0.120. The highest BCUT2D eigenvalue weighted by atomic mass is 32.2. The van der Waals surface area contributed by atoms with Gasteiger partial charge in [-0.05, 0) is 49.6 Å². The largest absolute Gasteiger partial charge is 0.350 e. The second kappa shape index (κ2) is 9.49. The fourth-order valence-electron chi connectivity index (χ4n) is 3.72. The SMILES string of the molecule is C=CCn1c(SC(C)C(=O)NCc2cccs2)nc2sc3c(c2c1=O)CCCCC3. The molecule has 0 radical (unpaired) electrons. The quantitative estimate of drug-likeness (QED) is 0.239. The number of thiophene rings is 2. The van der Waals surface area contributed by atoms with Gasteiger partial charge in [-0.15, -0.1) is 29.3 Å². The number of thioether (sulfide) groups is 1. The number of hydrogen-bond donors (Lipinski definition) is 1. The van der Waals surface area contributed by atoms with Gasteiger partial charge in [0.25, 0.3) is 5.56 Å². The Morgan fingerprint density at radius 1 is 1.40 bits per heavy atom. The van der Waals surface area contributed by atoms with E-state index in [0.29, 0.717) is 18.2 Å². The molecule has 0 aliphatic heterocycles. The Bertz CT molecular complexity index is 1120. The molecule has 1 aliphatic rings. The molecule has 0 bridgehead atoms. The summed E-state index contributed by atoms with van der Waals surface area (Å²) >= 11 is 4.60. The van der Waals surface area contributed by atoms with Crippen LogP contribution < -0.4 is 10.9 Å². The first-order chi connectivity index (χ1) is 14.6. The molecule has 0 spiro atoms. The first-order valence-electron chi connectivity index (χ1n) is 10.2. The molecule has 1 aliphatic carbocycles. The van der Waals surface area contributed by atoms with Gasteiger partial charge in [-0.25, -0.2) is 4.98 Å². The second-order valence-corrected chi connectivity index (χ2v) is 10.8. The first kappa shape index (κ1) is 21.3. The Kier molecular flexibility index (Phi) is 6.75. The number of amides is 1. The molecule has 3 aromatic heterocycles. The molecule has 0 saturated heterocycles. The smallest absolute Gasteiger partial charge is 0.263 e. The van der Waals surface area contributed by atoms with Gasteiger partial charge >= 0.3 is 0 Å². The van der Waals surface area contributed by atoms with E-state index in [1.54, 1.807) is 33.3 Å². The number of carbonyl (C=O) groups is 1. The number of nitrogens with one attached hydrogen (secondary N) is 1. The minimum Gasteiger partial charge on any atom is -0.350 e. The molecule has 158 valence electrons. The van der Waals surface area contributed by atoms with E-state index in [2.05, 4.69) is 11.9 Å². The number of rotatable bonds is 7. The Morgan fingerprint density at radius 3 is 3.00 bits per heavy atom. The number of aromatic nitrogens is 2. The fourth-order valence-corrected chi connectivity index (χ4v) is 6.61. The van der Waals surface area contributed by atoms with E-state index in [1.807, 2.05) is 24.4 Å². The Hall–Kier alpha value is -1.90. The molecule has 3 heterocycles. The maximum Gasteiger partial charge on any atom is 0.263 e. The lowest BCUT2D eigenvalue weighted by Gasteiger charge is -2.15. The lowest BCUT2D eigenvalue weighted by atomic mass is 10.1. The van der Waals surface area contributed by atoms with Gasteiger partial charge in [-0.3, -0.25) is 14.2 Å². The highest BCUT2D eigenvalue weighted by Crippen LogP contribution is 2.34. The predicted molar refractivity (Wildman–Crippen MR) is 127 cm³/mol. The minimum atomic E-state index is -0.358. The van der Waals surface area contributed by atoms with Crippen LogP contribution in [0.1, 0.15) is 41.5 Å². The van der Waals surface area contributed by atoms with E-state index in [-0.39, 0.29) is 16.7 Å². The molecular formula is C22H25N3O2S3. The van der Waals surface area contributed by atoms with E-state index in [9.17, 15) is 9.59 Å². The fraction of sp³-hybridized carbons (Fsp3) is 0.409. The zero-order valence-corrected chi connectivity index (χ0v) is 19.4. The van der Waals surface area contributed by atoms with Crippen molar-refractivity contribution in [2.24, 2.45) is 0 Å². The average molecular weight is 460 g/mol. The summed E-state index contributed by atoms with van der Waals surface area (Å²) in [4.78, 5) is 34.1. The van der Waals surface area contributed by atoms with Gasteiger partial charge in [0.1, 0.15) is 4.83 Å². The van der Waals surface area contributed by atoms with Gasteiger partial charge < -0.3 is 5.32 Å². The van der Waals surface area contributed by atoms with Crippen LogP contribution in [0.5, 0.6) is 0 Å². The molecule has 1 atom stereocenters. The molecule has 1 unspecified atom stereocenters. The van der Waals surface area contributed by atoms with Crippen LogP contribution >= 0.6 is 34.4 Å². The predicted octanol–water partition coefficient (Wildman–Crippen LogP) is 4.77. The van der Waals surface area contributed by atoms with Gasteiger partial charge in [0, 0.05) is 16.3 Å². The summed E-state index contributed by atoms with van der Waals surface area (Å²) in [5.74, 6) is -0.0603. The van der Waals surface area contributed by atoms with Crippen molar-refractivity contribution < 1.29 is 4.79 Å². The summed E-state index contributed by atoms with van der Waals surface area (Å²) in [6.45, 7) is 6.57. The number of hydrogen-bond acceptors (Lipinski definition) is 6. The van der Waals surface area contributed by atoms with Gasteiger partial charge in [-0.1, -0.05) is 30.3 Å². The van der Waals surface area contributed by atoms with Crippen molar-refractivity contribution in [3.63, 3.8) is 0 Å². The van der Waals surface area contributed by atoms with Crippen molar-refractivity contribution in [1.29, 1.82) is 0 Å². The summed E-state index contributed by atoms with van der Waals surface area (Å²) in [7, 11) is 0. The zero-order valence-electron chi connectivity index (χ0n) is 17.0. The van der Waals surface area contributed by atoms with Crippen LogP contribution in [0.25, 0.3) is 10.2 Å². The van der Waals surface area contributed by atoms with Gasteiger partial charge in [0.05, 0.1) is 17.2 Å². The monoisotopic (exact) mass is 459 g/mol. The maximum atomic E-state index is 13.4. The molecule has 5 nitrogen and oxygen atoms in total. The van der Waals surface area contributed by atoms with Crippen LogP contribution in [0.3, 0.4) is 0 Å². The van der Waals surface area contributed by atoms with Crippen molar-refractivity contribution in [3.05, 3.63) is 55.8 Å². The number of aryl methyl sites for hydroxylation is 2. The molecule has 4 rings (SSSR count). The molecular weight excluding hydrogens is 434 g/mol. The molecule has 8 heteroatoms. The van der Waals surface area contributed by atoms with Crippen LogP contribution in [-0.2, 0) is 30.7 Å². The normalized spacial score (nSPS) is 14.8. The van der Waals surface area contributed by atoms with Crippen molar-refractivity contribution in [3.8, 4) is 0 Å². The maximum absolute atomic E-state index is 13.4. The van der Waals surface area contributed by atoms with Gasteiger partial charge in [0.15, 0.2) is 5.16 Å². The number of nitrogens with zero attached hydrogens (tertiary/aromatic N) is 2. The lowest BCUT2D eigenvalue weighted by Crippen LogP contribution is -2.31. The van der Waals surface area contributed by atoms with E-state index in [1.165, 1.54) is 35.0 Å². The van der Waals surface area contributed by atoms with Crippen LogP contribution in [0.2, 0.25) is 0 Å². The summed E-state index contributed by atoms with van der Waals surface area (Å²) in [5, 5.41) is 5.97. The van der Waals surface area contributed by atoms with Crippen LogP contribution in [-0.4, -0.2) is 20.7 Å². The Labute approximate surface area is 188 Å². The standard InChI is InChI=1S/C22H25N3O2S3/c1-3-11-25-21(27)18-16-9-5-4-6-10-17(16)30-20(18)24-22(25)29-14(2)19(26)23-13-15-8-7-12-28-15/h3,7-8,12,14H,1,4-6,9-11,13H2,2H3,(H,23,26). The molecule has 30 heavy (non-hydrogen) atoms. The third kappa shape index (κ3) is 4.40. The summed E-state index contributed by atoms with van der Waals surface area (Å²) in [6, 6.07) is 3.97. The zero-order chi connectivity index (χ0) is 21.1. The number of fused-ring (bicyclic) bond motifs is 3. The molecule has 0 aromatic carbocycles. The number of allylic oxidation sites excluding steroid dienone is 1. The van der Waals surface area contributed by atoms with Crippen LogP contribution in [0.15, 0.2) is 40.1 Å². The Morgan fingerprint density at radius 2 is 2.23 bits per heavy atom. The van der Waals surface area contributed by atoms with Crippen LogP contribution in [0, 0.1) is 0 Å². The van der Waals surface area contributed by atoms with E-state index >= 15 is 0 Å². The van der Waals surface area contributed by atoms with Crippen molar-refractivity contribution in [2.45, 2.75) is 62.5 Å². The number of carbonyl (C=O) groups excluding carboxylic acids is 1. The average Bonchev–Trinajstić information content (AvgIpc) is 3.31. The van der Waals surface area contributed by atoms with Crippen molar-refractivity contribution in [2.75, 3.05) is 0 Å². The first-order valence-corrected chi connectivity index (χ1v) is 12.8. The third-order valence-electron chi connectivity index (χ3n) is 5.27. The van der Waals surface area contributed by atoms with Gasteiger partial charge in [0.2, 0.25) is 5.91 Å².